The maximum Gasteiger partial charge on any atom is 0.237 e. The highest BCUT2D eigenvalue weighted by molar-refractivity contribution is 5.81. The Morgan fingerprint density at radius 3 is 3.33 bits per heavy atom. The Kier molecular flexibility index (Phi) is 3.29. The van der Waals surface area contributed by atoms with Gasteiger partial charge in [-0.05, 0) is 19.4 Å². The van der Waals surface area contributed by atoms with Crippen molar-refractivity contribution in [2.24, 2.45) is 0 Å². The molecular formula is C9H14N4O2. The highest BCUT2D eigenvalue weighted by atomic mass is 16.5. The lowest BCUT2D eigenvalue weighted by molar-refractivity contribution is -0.122. The van der Waals surface area contributed by atoms with E-state index >= 15 is 0 Å². The molecule has 0 spiro atoms. The summed E-state index contributed by atoms with van der Waals surface area (Å²) in [5, 5.41) is 9.46. The van der Waals surface area contributed by atoms with Crippen molar-refractivity contribution >= 4 is 5.91 Å². The van der Waals surface area contributed by atoms with Crippen molar-refractivity contribution < 1.29 is 9.32 Å². The molecule has 0 radical (unpaired) electrons. The Labute approximate surface area is 87.4 Å². The van der Waals surface area contributed by atoms with E-state index in [4.69, 9.17) is 4.52 Å². The number of nitrogens with zero attached hydrogens (tertiary/aromatic N) is 2. The number of carbonyl (C=O) groups is 1. The number of nitrogens with one attached hydrogen (secondary N) is 2. The molecule has 1 fully saturated rings. The largest absolute Gasteiger partial charge is 0.354 e. The molecule has 82 valence electrons. The minimum Gasteiger partial charge on any atom is -0.354 e. The molecule has 0 aliphatic carbocycles. The summed E-state index contributed by atoms with van der Waals surface area (Å²) < 4.78 is 4.81. The number of rotatable bonds is 4. The average molecular weight is 210 g/mol. The smallest absolute Gasteiger partial charge is 0.237 e. The van der Waals surface area contributed by atoms with Crippen LogP contribution in [0.25, 0.3) is 0 Å². The molecule has 6 nitrogen and oxygen atoms in total. The zero-order chi connectivity index (χ0) is 10.5. The molecule has 2 rings (SSSR count). The monoisotopic (exact) mass is 210 g/mol. The van der Waals surface area contributed by atoms with Gasteiger partial charge in [0.1, 0.15) is 0 Å². The third-order valence-electron chi connectivity index (χ3n) is 2.42. The van der Waals surface area contributed by atoms with Crippen LogP contribution >= 0.6 is 0 Å². The number of carbonyl (C=O) groups excluding carboxylic acids is 1. The van der Waals surface area contributed by atoms with Crippen LogP contribution in [0.4, 0.5) is 0 Å². The van der Waals surface area contributed by atoms with Crippen molar-refractivity contribution in [2.45, 2.75) is 25.3 Å². The van der Waals surface area contributed by atoms with Crippen LogP contribution < -0.4 is 10.6 Å². The molecule has 0 bridgehead atoms. The fourth-order valence-corrected chi connectivity index (χ4v) is 1.63. The molecule has 2 heterocycles. The first-order valence-corrected chi connectivity index (χ1v) is 5.13. The number of hydrogen-bond donors (Lipinski definition) is 2. The van der Waals surface area contributed by atoms with Gasteiger partial charge < -0.3 is 15.2 Å². The molecule has 2 N–H and O–H groups in total. The third-order valence-corrected chi connectivity index (χ3v) is 2.42. The van der Waals surface area contributed by atoms with E-state index in [0.717, 1.165) is 19.4 Å². The molecule has 1 aromatic heterocycles. The topological polar surface area (TPSA) is 80.1 Å². The lowest BCUT2D eigenvalue weighted by Crippen LogP contribution is -2.41. The molecule has 1 saturated heterocycles. The highest BCUT2D eigenvalue weighted by Gasteiger charge is 2.21. The van der Waals surface area contributed by atoms with Gasteiger partial charge in [0.05, 0.1) is 6.04 Å². The molecule has 1 aromatic rings. The van der Waals surface area contributed by atoms with Crippen LogP contribution in [0.3, 0.4) is 0 Å². The molecule has 1 amide bonds. The van der Waals surface area contributed by atoms with Crippen molar-refractivity contribution in [1.29, 1.82) is 0 Å². The van der Waals surface area contributed by atoms with E-state index in [-0.39, 0.29) is 11.9 Å². The van der Waals surface area contributed by atoms with E-state index in [0.29, 0.717) is 18.9 Å². The fraction of sp³-hybridized carbons (Fsp3) is 0.667. The number of hydrogen-bond acceptors (Lipinski definition) is 5. The SMILES string of the molecule is O=C(NCCc1ncno1)[C@@H]1CCCN1. The first-order valence-electron chi connectivity index (χ1n) is 5.13. The summed E-state index contributed by atoms with van der Waals surface area (Å²) >= 11 is 0. The van der Waals surface area contributed by atoms with Gasteiger partial charge in [-0.25, -0.2) is 0 Å². The first kappa shape index (κ1) is 10.1. The standard InChI is InChI=1S/C9H14N4O2/c14-9(7-2-1-4-10-7)11-5-3-8-12-6-13-15-8/h6-7,10H,1-5H2,(H,11,14)/t7-/m0/s1. The Morgan fingerprint density at radius 2 is 2.67 bits per heavy atom. The molecule has 1 aliphatic rings. The second-order valence-corrected chi connectivity index (χ2v) is 3.52. The van der Waals surface area contributed by atoms with Gasteiger partial charge in [0, 0.05) is 13.0 Å². The maximum atomic E-state index is 11.5. The quantitative estimate of drug-likeness (QED) is 0.699. The van der Waals surface area contributed by atoms with E-state index < -0.39 is 0 Å². The summed E-state index contributed by atoms with van der Waals surface area (Å²) in [6.45, 7) is 1.47. The van der Waals surface area contributed by atoms with Crippen LogP contribution in [0.2, 0.25) is 0 Å². The normalized spacial score (nSPS) is 20.4. The van der Waals surface area contributed by atoms with Gasteiger partial charge in [0.2, 0.25) is 11.8 Å². The fourth-order valence-electron chi connectivity index (χ4n) is 1.63. The Bertz CT molecular complexity index is 306. The van der Waals surface area contributed by atoms with Crippen molar-refractivity contribution in [1.82, 2.24) is 20.8 Å². The molecular weight excluding hydrogens is 196 g/mol. The van der Waals surface area contributed by atoms with Crippen LogP contribution in [0, 0.1) is 0 Å². The lowest BCUT2D eigenvalue weighted by atomic mass is 10.2. The molecule has 15 heavy (non-hydrogen) atoms. The van der Waals surface area contributed by atoms with Gasteiger partial charge in [-0.2, -0.15) is 4.98 Å². The van der Waals surface area contributed by atoms with Gasteiger partial charge in [0.15, 0.2) is 6.33 Å². The average Bonchev–Trinajstić information content (AvgIpc) is 2.90. The zero-order valence-electron chi connectivity index (χ0n) is 8.40. The summed E-state index contributed by atoms with van der Waals surface area (Å²) in [4.78, 5) is 15.4. The van der Waals surface area contributed by atoms with Crippen LogP contribution in [0.1, 0.15) is 18.7 Å². The van der Waals surface area contributed by atoms with Gasteiger partial charge in [-0.15, -0.1) is 0 Å². The third kappa shape index (κ3) is 2.76. The first-order chi connectivity index (χ1) is 7.36. The number of aromatic nitrogens is 2. The van der Waals surface area contributed by atoms with E-state index in [1.54, 1.807) is 0 Å². The summed E-state index contributed by atoms with van der Waals surface area (Å²) in [7, 11) is 0. The Hall–Kier alpha value is -1.43. The van der Waals surface area contributed by atoms with E-state index in [1.807, 2.05) is 0 Å². The maximum absolute atomic E-state index is 11.5. The lowest BCUT2D eigenvalue weighted by Gasteiger charge is -2.09. The molecule has 1 aliphatic heterocycles. The molecule has 0 aromatic carbocycles. The van der Waals surface area contributed by atoms with Crippen molar-refractivity contribution in [3.05, 3.63) is 12.2 Å². The van der Waals surface area contributed by atoms with Gasteiger partial charge in [-0.1, -0.05) is 5.16 Å². The minimum absolute atomic E-state index is 0.0207. The van der Waals surface area contributed by atoms with Crippen LogP contribution in [0.15, 0.2) is 10.9 Å². The van der Waals surface area contributed by atoms with Crippen molar-refractivity contribution in [3.8, 4) is 0 Å². The summed E-state index contributed by atoms with van der Waals surface area (Å²) in [5.41, 5.74) is 0. The number of amides is 1. The molecule has 1 atom stereocenters. The van der Waals surface area contributed by atoms with Crippen LogP contribution in [-0.4, -0.2) is 35.2 Å². The summed E-state index contributed by atoms with van der Waals surface area (Å²) in [5.74, 6) is 0.613. The Morgan fingerprint density at radius 1 is 1.73 bits per heavy atom. The molecule has 0 saturated carbocycles. The predicted molar refractivity (Wildman–Crippen MR) is 52.0 cm³/mol. The van der Waals surface area contributed by atoms with Crippen molar-refractivity contribution in [2.75, 3.05) is 13.1 Å². The highest BCUT2D eigenvalue weighted by Crippen LogP contribution is 2.04. The van der Waals surface area contributed by atoms with Gasteiger partial charge in [0.25, 0.3) is 0 Å². The summed E-state index contributed by atoms with van der Waals surface area (Å²) in [6, 6.07) is -0.0207. The van der Waals surface area contributed by atoms with Crippen molar-refractivity contribution in [3.63, 3.8) is 0 Å². The van der Waals surface area contributed by atoms with Crippen LogP contribution in [0.5, 0.6) is 0 Å². The predicted octanol–water partition coefficient (Wildman–Crippen LogP) is -0.520. The van der Waals surface area contributed by atoms with E-state index in [1.165, 1.54) is 6.33 Å². The summed E-state index contributed by atoms with van der Waals surface area (Å²) in [6.07, 6.45) is 3.93. The second-order valence-electron chi connectivity index (χ2n) is 3.52. The van der Waals surface area contributed by atoms with Crippen LogP contribution in [-0.2, 0) is 11.2 Å². The van der Waals surface area contributed by atoms with E-state index in [2.05, 4.69) is 20.8 Å². The zero-order valence-corrected chi connectivity index (χ0v) is 8.40. The Balaban J connectivity index is 1.67. The second kappa shape index (κ2) is 4.88. The molecule has 0 unspecified atom stereocenters. The van der Waals surface area contributed by atoms with E-state index in [9.17, 15) is 4.79 Å². The van der Waals surface area contributed by atoms with Gasteiger partial charge in [-0.3, -0.25) is 4.79 Å². The van der Waals surface area contributed by atoms with Gasteiger partial charge >= 0.3 is 0 Å². The molecule has 6 heteroatoms. The minimum atomic E-state index is -0.0207.